The quantitative estimate of drug-likeness (QED) is 0.775. The van der Waals surface area contributed by atoms with Gasteiger partial charge in [0.1, 0.15) is 12.4 Å². The van der Waals surface area contributed by atoms with Gasteiger partial charge in [0.05, 0.1) is 18.8 Å². The lowest BCUT2D eigenvalue weighted by atomic mass is 9.98. The molecule has 24 heavy (non-hydrogen) atoms. The molecule has 0 amide bonds. The molecule has 1 fully saturated rings. The number of carbonyl (C=O) groups is 2. The fraction of sp³-hybridized carbons (Fsp3) is 0.333. The summed E-state index contributed by atoms with van der Waals surface area (Å²) in [7, 11) is 1.63. The second-order valence-electron chi connectivity index (χ2n) is 5.55. The number of hydrogen-bond acceptors (Lipinski definition) is 6. The van der Waals surface area contributed by atoms with E-state index in [4.69, 9.17) is 14.2 Å². The van der Waals surface area contributed by atoms with Crippen molar-refractivity contribution in [2.24, 2.45) is 0 Å². The third-order valence-electron chi connectivity index (χ3n) is 3.94. The second-order valence-corrected chi connectivity index (χ2v) is 6.70. The van der Waals surface area contributed by atoms with Crippen LogP contribution < -0.4 is 4.74 Å². The van der Waals surface area contributed by atoms with Gasteiger partial charge in [-0.3, -0.25) is 9.59 Å². The van der Waals surface area contributed by atoms with Gasteiger partial charge in [-0.1, -0.05) is 24.3 Å². The van der Waals surface area contributed by atoms with Crippen molar-refractivity contribution in [3.8, 4) is 5.75 Å². The molecule has 0 saturated carbocycles. The van der Waals surface area contributed by atoms with Crippen molar-refractivity contribution in [3.63, 3.8) is 0 Å². The zero-order chi connectivity index (χ0) is 17.1. The van der Waals surface area contributed by atoms with Gasteiger partial charge in [-0.15, -0.1) is 11.8 Å². The van der Waals surface area contributed by atoms with Crippen LogP contribution in [0.15, 0.2) is 36.4 Å². The number of carbonyl (C=O) groups excluding carboxylic acids is 2. The molecular formula is C18H18O5S. The number of cyclic esters (lactones) is 1. The van der Waals surface area contributed by atoms with E-state index in [1.807, 2.05) is 36.4 Å². The summed E-state index contributed by atoms with van der Waals surface area (Å²) in [5.41, 5.74) is 0.492. The molecule has 0 bridgehead atoms. The fourth-order valence-electron chi connectivity index (χ4n) is 2.51. The Morgan fingerprint density at radius 3 is 2.75 bits per heavy atom. The van der Waals surface area contributed by atoms with Crippen molar-refractivity contribution in [2.75, 3.05) is 19.5 Å². The summed E-state index contributed by atoms with van der Waals surface area (Å²) >= 11 is 1.34. The Hall–Kier alpha value is -2.21. The van der Waals surface area contributed by atoms with E-state index in [-0.39, 0.29) is 18.5 Å². The maximum Gasteiger partial charge on any atom is 0.317 e. The summed E-state index contributed by atoms with van der Waals surface area (Å²) in [6, 6.07) is 11.7. The van der Waals surface area contributed by atoms with Crippen molar-refractivity contribution in [3.05, 3.63) is 42.0 Å². The Kier molecular flexibility index (Phi) is 4.94. The van der Waals surface area contributed by atoms with Crippen LogP contribution in [0.2, 0.25) is 0 Å². The van der Waals surface area contributed by atoms with Gasteiger partial charge >= 0.3 is 11.9 Å². The number of methoxy groups -OCH3 is 1. The molecule has 0 unspecified atom stereocenters. The van der Waals surface area contributed by atoms with Gasteiger partial charge in [0, 0.05) is 0 Å². The molecule has 1 saturated heterocycles. The summed E-state index contributed by atoms with van der Waals surface area (Å²) in [5, 5.41) is 2.08. The lowest BCUT2D eigenvalue weighted by molar-refractivity contribution is -0.152. The van der Waals surface area contributed by atoms with Crippen molar-refractivity contribution in [2.45, 2.75) is 18.3 Å². The molecular weight excluding hydrogens is 328 g/mol. The van der Waals surface area contributed by atoms with Gasteiger partial charge in [0.2, 0.25) is 0 Å². The molecule has 3 rings (SSSR count). The van der Waals surface area contributed by atoms with Gasteiger partial charge in [-0.05, 0) is 35.4 Å². The van der Waals surface area contributed by atoms with Crippen molar-refractivity contribution in [1.29, 1.82) is 0 Å². The second kappa shape index (κ2) is 7.13. The molecule has 0 N–H and O–H groups in total. The Labute approximate surface area is 144 Å². The van der Waals surface area contributed by atoms with Gasteiger partial charge in [0.15, 0.2) is 5.44 Å². The average Bonchev–Trinajstić information content (AvgIpc) is 3.03. The van der Waals surface area contributed by atoms with Crippen LogP contribution >= 0.6 is 11.8 Å². The van der Waals surface area contributed by atoms with E-state index in [2.05, 4.69) is 0 Å². The van der Waals surface area contributed by atoms with E-state index in [0.29, 0.717) is 5.75 Å². The first kappa shape index (κ1) is 16.6. The summed E-state index contributed by atoms with van der Waals surface area (Å²) in [6.45, 7) is 1.89. The summed E-state index contributed by atoms with van der Waals surface area (Å²) in [6.07, 6.45) is 0. The van der Waals surface area contributed by atoms with Crippen molar-refractivity contribution >= 4 is 34.5 Å². The van der Waals surface area contributed by atoms with Crippen LogP contribution in [0, 0.1) is 0 Å². The largest absolute Gasteiger partial charge is 0.497 e. The number of benzene rings is 2. The van der Waals surface area contributed by atoms with Crippen LogP contribution in [0.25, 0.3) is 10.8 Å². The molecule has 2 aromatic carbocycles. The van der Waals surface area contributed by atoms with E-state index < -0.39 is 11.4 Å². The maximum absolute atomic E-state index is 12.2. The summed E-state index contributed by atoms with van der Waals surface area (Å²) < 4.78 is 15.5. The Morgan fingerprint density at radius 2 is 2.04 bits per heavy atom. The normalized spacial score (nSPS) is 18.2. The number of fused-ring (bicyclic) bond motifs is 1. The smallest absolute Gasteiger partial charge is 0.317 e. The third kappa shape index (κ3) is 3.64. The van der Waals surface area contributed by atoms with E-state index >= 15 is 0 Å². The molecule has 0 radical (unpaired) electrons. The number of esters is 2. The Morgan fingerprint density at radius 1 is 1.29 bits per heavy atom. The van der Waals surface area contributed by atoms with Crippen LogP contribution in [0.4, 0.5) is 0 Å². The topological polar surface area (TPSA) is 61.8 Å². The molecule has 6 heteroatoms. The van der Waals surface area contributed by atoms with Crippen LogP contribution in [-0.4, -0.2) is 36.8 Å². The van der Waals surface area contributed by atoms with Crippen molar-refractivity contribution in [1.82, 2.24) is 0 Å². The minimum Gasteiger partial charge on any atom is -0.497 e. The zero-order valence-electron chi connectivity index (χ0n) is 13.5. The van der Waals surface area contributed by atoms with E-state index in [1.165, 1.54) is 11.8 Å². The van der Waals surface area contributed by atoms with Gasteiger partial charge in [-0.2, -0.15) is 0 Å². The molecule has 1 aliphatic rings. The number of hydrogen-bond donors (Lipinski definition) is 0. The number of ether oxygens (including phenoxy) is 3. The van der Waals surface area contributed by atoms with Crippen LogP contribution in [0.3, 0.4) is 0 Å². The van der Waals surface area contributed by atoms with E-state index in [1.54, 1.807) is 14.0 Å². The SMILES string of the molecule is COc1ccc2cc([C@H](C)C(=O)OC[C@H]3OC(=O)CS3)ccc2c1. The fourth-order valence-corrected chi connectivity index (χ4v) is 3.24. The monoisotopic (exact) mass is 346 g/mol. The lowest BCUT2D eigenvalue weighted by Crippen LogP contribution is -2.20. The highest BCUT2D eigenvalue weighted by Crippen LogP contribution is 2.26. The minimum atomic E-state index is -0.391. The highest BCUT2D eigenvalue weighted by molar-refractivity contribution is 8.00. The van der Waals surface area contributed by atoms with E-state index in [9.17, 15) is 9.59 Å². The zero-order valence-corrected chi connectivity index (χ0v) is 14.3. The van der Waals surface area contributed by atoms with Gasteiger partial charge in [0.25, 0.3) is 0 Å². The average molecular weight is 346 g/mol. The summed E-state index contributed by atoms with van der Waals surface area (Å²) in [5.74, 6) is 0.127. The molecule has 0 aromatic heterocycles. The molecule has 5 nitrogen and oxygen atoms in total. The van der Waals surface area contributed by atoms with Crippen LogP contribution in [-0.2, 0) is 19.1 Å². The van der Waals surface area contributed by atoms with Crippen LogP contribution in [0.5, 0.6) is 5.75 Å². The number of thioether (sulfide) groups is 1. The van der Waals surface area contributed by atoms with Crippen molar-refractivity contribution < 1.29 is 23.8 Å². The number of rotatable bonds is 5. The third-order valence-corrected chi connectivity index (χ3v) is 4.94. The highest BCUT2D eigenvalue weighted by Gasteiger charge is 2.26. The molecule has 0 spiro atoms. The summed E-state index contributed by atoms with van der Waals surface area (Å²) in [4.78, 5) is 23.3. The van der Waals surface area contributed by atoms with E-state index in [0.717, 1.165) is 22.1 Å². The predicted molar refractivity (Wildman–Crippen MR) is 92.2 cm³/mol. The lowest BCUT2D eigenvalue weighted by Gasteiger charge is -2.14. The molecule has 1 aliphatic heterocycles. The maximum atomic E-state index is 12.2. The highest BCUT2D eigenvalue weighted by atomic mass is 32.2. The molecule has 0 aliphatic carbocycles. The first-order valence-corrected chi connectivity index (χ1v) is 8.67. The molecule has 2 aromatic rings. The first-order valence-electron chi connectivity index (χ1n) is 7.62. The standard InChI is InChI=1S/C18H18O5S/c1-11(18(20)22-9-17-23-16(19)10-24-17)12-3-4-14-8-15(21-2)6-5-13(14)7-12/h3-8,11,17H,9-10H2,1-2H3/t11-,17-/m0/s1. The Balaban J connectivity index is 1.67. The Bertz CT molecular complexity index is 773. The molecule has 1 heterocycles. The molecule has 2 atom stereocenters. The minimum absolute atomic E-state index is 0.0877. The van der Waals surface area contributed by atoms with Gasteiger partial charge in [-0.25, -0.2) is 0 Å². The molecule has 126 valence electrons. The predicted octanol–water partition coefficient (Wildman–Crippen LogP) is 3.11. The van der Waals surface area contributed by atoms with Gasteiger partial charge < -0.3 is 14.2 Å². The first-order chi connectivity index (χ1) is 11.6. The van der Waals surface area contributed by atoms with Crippen LogP contribution in [0.1, 0.15) is 18.4 Å².